The number of fused-ring (bicyclic) bond motifs is 3. The summed E-state index contributed by atoms with van der Waals surface area (Å²) in [6.45, 7) is 1.41. The van der Waals surface area contributed by atoms with Gasteiger partial charge in [-0.1, -0.05) is 19.4 Å². The molecule has 0 spiro atoms. The van der Waals surface area contributed by atoms with Gasteiger partial charge in [-0.2, -0.15) is 26.3 Å². The Balaban J connectivity index is 2.35. The number of rotatable bonds is 8. The lowest BCUT2D eigenvalue weighted by molar-refractivity contribution is -0.376. The van der Waals surface area contributed by atoms with Crippen LogP contribution in [0.5, 0.6) is 0 Å². The van der Waals surface area contributed by atoms with Gasteiger partial charge in [-0.25, -0.2) is 0 Å². The predicted octanol–water partition coefficient (Wildman–Crippen LogP) is 4.03. The Morgan fingerprint density at radius 1 is 0.971 bits per heavy atom. The Morgan fingerprint density at radius 3 is 2.20 bits per heavy atom. The lowest BCUT2D eigenvalue weighted by Gasteiger charge is -2.33. The number of unbranched alkanes of at least 4 members (excludes halogenated alkanes) is 1. The maximum Gasteiger partial charge on any atom is 0.430 e. The number of halogens is 6. The summed E-state index contributed by atoms with van der Waals surface area (Å²) in [6.07, 6.45) is -12.0. The van der Waals surface area contributed by atoms with Crippen LogP contribution in [0.4, 0.5) is 32.0 Å². The Kier molecular flexibility index (Phi) is 7.39. The van der Waals surface area contributed by atoms with Crippen molar-refractivity contribution in [2.45, 2.75) is 50.4 Å². The summed E-state index contributed by atoms with van der Waals surface area (Å²) in [4.78, 5) is 13.1. The smallest absolute Gasteiger partial charge is 0.394 e. The molecule has 1 heterocycles. The first-order valence-corrected chi connectivity index (χ1v) is 10.8. The van der Waals surface area contributed by atoms with Gasteiger partial charge in [0.2, 0.25) is 0 Å². The molecule has 3 rings (SSSR count). The van der Waals surface area contributed by atoms with Gasteiger partial charge in [-0.15, -0.1) is 0 Å². The largest absolute Gasteiger partial charge is 0.430 e. The maximum atomic E-state index is 13.5. The van der Waals surface area contributed by atoms with Crippen LogP contribution in [0, 0.1) is 0 Å². The Bertz CT molecular complexity index is 1260. The fraction of sp³-hybridized carbons (Fsp3) is 0.435. The van der Waals surface area contributed by atoms with Gasteiger partial charge in [0.15, 0.2) is 0 Å². The number of aliphatic hydroxyl groups is 3. The summed E-state index contributed by atoms with van der Waals surface area (Å²) >= 11 is 0. The Hall–Kier alpha value is -2.83. The zero-order valence-electron chi connectivity index (χ0n) is 18.5. The molecule has 4 N–H and O–H groups in total. The fourth-order valence-corrected chi connectivity index (χ4v) is 3.86. The van der Waals surface area contributed by atoms with Crippen LogP contribution in [0.15, 0.2) is 41.2 Å². The van der Waals surface area contributed by atoms with Gasteiger partial charge in [0.25, 0.3) is 11.2 Å². The zero-order valence-corrected chi connectivity index (χ0v) is 18.5. The highest BCUT2D eigenvalue weighted by atomic mass is 19.4. The minimum atomic E-state index is -6.06. The van der Waals surface area contributed by atoms with Crippen molar-refractivity contribution in [3.05, 3.63) is 52.3 Å². The van der Waals surface area contributed by atoms with E-state index in [4.69, 9.17) is 5.11 Å². The molecule has 3 aromatic rings. The molecule has 1 unspecified atom stereocenters. The molecule has 0 saturated carbocycles. The van der Waals surface area contributed by atoms with Crippen LogP contribution in [-0.2, 0) is 12.1 Å². The molecule has 0 aliphatic carbocycles. The van der Waals surface area contributed by atoms with E-state index in [1.807, 2.05) is 6.92 Å². The molecule has 0 saturated heterocycles. The minimum Gasteiger partial charge on any atom is -0.394 e. The van der Waals surface area contributed by atoms with Crippen molar-refractivity contribution in [1.29, 1.82) is 0 Å². The van der Waals surface area contributed by atoms with E-state index in [1.54, 1.807) is 0 Å². The first-order chi connectivity index (χ1) is 16.3. The Labute approximate surface area is 195 Å². The summed E-state index contributed by atoms with van der Waals surface area (Å²) in [5.74, 6) is 0. The number of aliphatic hydroxyl groups excluding tert-OH is 2. The molecular formula is C23H24F6N2O4. The molecule has 0 fully saturated rings. The number of aryl methyl sites for hydroxylation is 1. The molecule has 35 heavy (non-hydrogen) atoms. The number of hydrogen-bond acceptors (Lipinski definition) is 5. The molecule has 2 aromatic carbocycles. The molecule has 6 nitrogen and oxygen atoms in total. The molecular weight excluding hydrogens is 482 g/mol. The SMILES string of the molecule is CCCCn1c(=O)c2ccc(NCC(O)CO)cc2c2cc(C(O)(C(F)(F)F)C(F)(F)F)ccc21. The van der Waals surface area contributed by atoms with Crippen LogP contribution in [0.25, 0.3) is 21.7 Å². The van der Waals surface area contributed by atoms with Gasteiger partial charge >= 0.3 is 12.4 Å². The molecule has 0 aliphatic heterocycles. The number of benzene rings is 2. The van der Waals surface area contributed by atoms with Crippen LogP contribution in [0.1, 0.15) is 25.3 Å². The third-order valence-corrected chi connectivity index (χ3v) is 5.80. The summed E-state index contributed by atoms with van der Waals surface area (Å²) in [5, 5.41) is 31.2. The minimum absolute atomic E-state index is 0.0570. The monoisotopic (exact) mass is 506 g/mol. The third kappa shape index (κ3) is 4.82. The zero-order chi connectivity index (χ0) is 26.2. The van der Waals surface area contributed by atoms with Crippen molar-refractivity contribution in [1.82, 2.24) is 4.57 Å². The van der Waals surface area contributed by atoms with Gasteiger partial charge in [0.1, 0.15) is 0 Å². The second-order valence-corrected chi connectivity index (χ2v) is 8.23. The Morgan fingerprint density at radius 2 is 1.63 bits per heavy atom. The molecule has 0 bridgehead atoms. The highest BCUT2D eigenvalue weighted by Gasteiger charge is 2.71. The highest BCUT2D eigenvalue weighted by molar-refractivity contribution is 6.07. The lowest BCUT2D eigenvalue weighted by atomic mass is 9.90. The van der Waals surface area contributed by atoms with E-state index in [0.717, 1.165) is 6.07 Å². The summed E-state index contributed by atoms with van der Waals surface area (Å²) < 4.78 is 82.3. The van der Waals surface area contributed by atoms with Gasteiger partial charge in [0, 0.05) is 35.1 Å². The summed E-state index contributed by atoms with van der Waals surface area (Å²) in [6, 6.07) is 6.30. The quantitative estimate of drug-likeness (QED) is 0.274. The second-order valence-electron chi connectivity index (χ2n) is 8.23. The lowest BCUT2D eigenvalue weighted by Crippen LogP contribution is -2.53. The molecule has 192 valence electrons. The van der Waals surface area contributed by atoms with E-state index in [-0.39, 0.29) is 34.8 Å². The van der Waals surface area contributed by atoms with E-state index in [0.29, 0.717) is 30.7 Å². The van der Waals surface area contributed by atoms with Crippen molar-refractivity contribution in [3.8, 4) is 0 Å². The van der Waals surface area contributed by atoms with E-state index in [1.165, 1.54) is 22.8 Å². The molecule has 0 radical (unpaired) electrons. The van der Waals surface area contributed by atoms with E-state index < -0.39 is 41.8 Å². The molecule has 12 heteroatoms. The first-order valence-electron chi connectivity index (χ1n) is 10.8. The topological polar surface area (TPSA) is 94.7 Å². The highest BCUT2D eigenvalue weighted by Crippen LogP contribution is 2.50. The second kappa shape index (κ2) is 9.67. The van der Waals surface area contributed by atoms with Gasteiger partial charge in [0.05, 0.1) is 18.2 Å². The maximum absolute atomic E-state index is 13.5. The van der Waals surface area contributed by atoms with Crippen molar-refractivity contribution < 1.29 is 41.7 Å². The van der Waals surface area contributed by atoms with Crippen LogP contribution < -0.4 is 10.9 Å². The number of nitrogens with zero attached hydrogens (tertiary/aromatic N) is 1. The number of alkyl halides is 6. The van der Waals surface area contributed by atoms with Crippen molar-refractivity contribution in [2.75, 3.05) is 18.5 Å². The van der Waals surface area contributed by atoms with Crippen molar-refractivity contribution >= 4 is 27.4 Å². The van der Waals surface area contributed by atoms with Gasteiger partial charge in [-0.05, 0) is 42.1 Å². The fourth-order valence-electron chi connectivity index (χ4n) is 3.86. The van der Waals surface area contributed by atoms with Crippen LogP contribution >= 0.6 is 0 Å². The van der Waals surface area contributed by atoms with Gasteiger partial charge < -0.3 is 25.2 Å². The number of aromatic nitrogens is 1. The summed E-state index contributed by atoms with van der Waals surface area (Å²) in [7, 11) is 0. The third-order valence-electron chi connectivity index (χ3n) is 5.80. The van der Waals surface area contributed by atoms with E-state index >= 15 is 0 Å². The van der Waals surface area contributed by atoms with Crippen molar-refractivity contribution in [3.63, 3.8) is 0 Å². The molecule has 0 aliphatic rings. The van der Waals surface area contributed by atoms with E-state index in [2.05, 4.69) is 5.32 Å². The summed E-state index contributed by atoms with van der Waals surface area (Å²) in [5.41, 5.74) is -6.60. The number of pyridine rings is 1. The normalized spacial score (nSPS) is 14.0. The molecule has 1 aromatic heterocycles. The number of hydrogen-bond donors (Lipinski definition) is 4. The van der Waals surface area contributed by atoms with Crippen LogP contribution in [0.2, 0.25) is 0 Å². The molecule has 1 atom stereocenters. The average Bonchev–Trinajstić information content (AvgIpc) is 2.80. The average molecular weight is 506 g/mol. The standard InChI is InChI=1S/C23H24F6N2O4/c1-2-3-8-31-19-7-4-13(21(35,22(24,25)26)23(27,28)29)9-18(19)17-10-14(30-11-15(33)12-32)5-6-16(17)20(31)34/h4-7,9-10,15,30,32-33,35H,2-3,8,11-12H2,1H3. The number of anilines is 1. The van der Waals surface area contributed by atoms with Gasteiger partial charge in [-0.3, -0.25) is 4.79 Å². The predicted molar refractivity (Wildman–Crippen MR) is 118 cm³/mol. The van der Waals surface area contributed by atoms with Crippen LogP contribution in [0.3, 0.4) is 0 Å². The van der Waals surface area contributed by atoms with Crippen LogP contribution in [-0.4, -0.2) is 51.5 Å². The number of nitrogens with one attached hydrogen (secondary N) is 1. The first kappa shape index (κ1) is 26.8. The van der Waals surface area contributed by atoms with E-state index in [9.17, 15) is 41.4 Å². The molecule has 0 amide bonds. The van der Waals surface area contributed by atoms with Crippen molar-refractivity contribution in [2.24, 2.45) is 0 Å².